The summed E-state index contributed by atoms with van der Waals surface area (Å²) < 4.78 is 0. The van der Waals surface area contributed by atoms with Crippen LogP contribution >= 0.6 is 0 Å². The third kappa shape index (κ3) is 2.42. The molecule has 20 heavy (non-hydrogen) atoms. The number of fused-ring (bicyclic) bond motifs is 1. The van der Waals surface area contributed by atoms with Crippen LogP contribution in [-0.4, -0.2) is 28.7 Å². The van der Waals surface area contributed by atoms with Crippen LogP contribution in [0.2, 0.25) is 0 Å². The number of likely N-dealkylation sites (N-methyl/N-ethyl adjacent to an activating group) is 1. The van der Waals surface area contributed by atoms with Gasteiger partial charge in [0.25, 0.3) is 0 Å². The van der Waals surface area contributed by atoms with E-state index in [4.69, 9.17) is 0 Å². The fourth-order valence-corrected chi connectivity index (χ4v) is 2.65. The highest BCUT2D eigenvalue weighted by molar-refractivity contribution is 5.54. The molecular formula is C16H18N2O2. The number of aromatic hydroxyl groups is 2. The Hall–Kier alpha value is -2.20. The third-order valence-electron chi connectivity index (χ3n) is 3.68. The van der Waals surface area contributed by atoms with Gasteiger partial charge in [0, 0.05) is 18.8 Å². The molecular weight excluding hydrogens is 252 g/mol. The first-order valence-corrected chi connectivity index (χ1v) is 6.68. The minimum atomic E-state index is -0.0869. The summed E-state index contributed by atoms with van der Waals surface area (Å²) in [7, 11) is 2.08. The quantitative estimate of drug-likeness (QED) is 0.697. The predicted octanol–water partition coefficient (Wildman–Crippen LogP) is 2.70. The summed E-state index contributed by atoms with van der Waals surface area (Å²) >= 11 is 0. The molecule has 1 atom stereocenters. The maximum atomic E-state index is 9.67. The standard InChI is InChI=1S/C16H18N2O2/c1-18-9-12-4-2-3-5-13(12)17-14(10-18)11-6-7-15(19)16(20)8-11/h2-8,14,17,19-20H,9-10H2,1H3/t14-/m0/s1. The normalized spacial score (nSPS) is 18.9. The van der Waals surface area contributed by atoms with Crippen LogP contribution in [0, 0.1) is 0 Å². The molecule has 0 radical (unpaired) electrons. The molecule has 2 aromatic rings. The largest absolute Gasteiger partial charge is 0.504 e. The molecule has 0 bridgehead atoms. The fourth-order valence-electron chi connectivity index (χ4n) is 2.65. The predicted molar refractivity (Wildman–Crippen MR) is 78.9 cm³/mol. The first-order valence-electron chi connectivity index (χ1n) is 6.68. The van der Waals surface area contributed by atoms with E-state index in [1.165, 1.54) is 11.6 Å². The summed E-state index contributed by atoms with van der Waals surface area (Å²) in [6.07, 6.45) is 0. The second-order valence-corrected chi connectivity index (χ2v) is 5.30. The van der Waals surface area contributed by atoms with Crippen molar-refractivity contribution in [3.05, 3.63) is 53.6 Å². The Bertz CT molecular complexity index is 628. The highest BCUT2D eigenvalue weighted by atomic mass is 16.3. The Kier molecular flexibility index (Phi) is 3.24. The molecule has 0 amide bonds. The number of phenolic OH excluding ortho intramolecular Hbond substituents is 2. The van der Waals surface area contributed by atoms with Crippen LogP contribution < -0.4 is 5.32 Å². The van der Waals surface area contributed by atoms with Gasteiger partial charge in [-0.2, -0.15) is 0 Å². The maximum Gasteiger partial charge on any atom is 0.157 e. The van der Waals surface area contributed by atoms with Crippen molar-refractivity contribution in [2.45, 2.75) is 12.6 Å². The van der Waals surface area contributed by atoms with E-state index in [0.717, 1.165) is 24.3 Å². The van der Waals surface area contributed by atoms with E-state index in [1.807, 2.05) is 18.2 Å². The number of benzene rings is 2. The van der Waals surface area contributed by atoms with Crippen molar-refractivity contribution in [2.24, 2.45) is 0 Å². The van der Waals surface area contributed by atoms with Crippen molar-refractivity contribution in [3.8, 4) is 11.5 Å². The number of para-hydroxylation sites is 1. The molecule has 0 aromatic heterocycles. The van der Waals surface area contributed by atoms with E-state index in [1.54, 1.807) is 6.07 Å². The van der Waals surface area contributed by atoms with Gasteiger partial charge in [-0.05, 0) is 36.4 Å². The van der Waals surface area contributed by atoms with E-state index < -0.39 is 0 Å². The minimum Gasteiger partial charge on any atom is -0.504 e. The second kappa shape index (κ2) is 5.06. The Morgan fingerprint density at radius 2 is 1.90 bits per heavy atom. The fraction of sp³-hybridized carbons (Fsp3) is 0.250. The van der Waals surface area contributed by atoms with E-state index in [2.05, 4.69) is 29.4 Å². The zero-order valence-electron chi connectivity index (χ0n) is 11.4. The van der Waals surface area contributed by atoms with Gasteiger partial charge in [-0.3, -0.25) is 4.90 Å². The molecule has 0 spiro atoms. The zero-order valence-corrected chi connectivity index (χ0v) is 11.4. The Labute approximate surface area is 118 Å². The topological polar surface area (TPSA) is 55.7 Å². The van der Waals surface area contributed by atoms with Gasteiger partial charge in [0.2, 0.25) is 0 Å². The summed E-state index contributed by atoms with van der Waals surface area (Å²) in [4.78, 5) is 2.24. The molecule has 104 valence electrons. The Balaban J connectivity index is 1.96. The lowest BCUT2D eigenvalue weighted by Crippen LogP contribution is -2.24. The molecule has 1 heterocycles. The molecule has 2 aromatic carbocycles. The van der Waals surface area contributed by atoms with Crippen molar-refractivity contribution in [3.63, 3.8) is 0 Å². The van der Waals surface area contributed by atoms with E-state index in [0.29, 0.717) is 0 Å². The number of anilines is 1. The molecule has 0 aliphatic carbocycles. The first-order chi connectivity index (χ1) is 9.63. The number of phenols is 2. The second-order valence-electron chi connectivity index (χ2n) is 5.30. The molecule has 4 heteroatoms. The van der Waals surface area contributed by atoms with Crippen molar-refractivity contribution in [2.75, 3.05) is 18.9 Å². The molecule has 4 nitrogen and oxygen atoms in total. The zero-order chi connectivity index (χ0) is 14.1. The van der Waals surface area contributed by atoms with Gasteiger partial charge in [-0.15, -0.1) is 0 Å². The van der Waals surface area contributed by atoms with Gasteiger partial charge >= 0.3 is 0 Å². The van der Waals surface area contributed by atoms with Gasteiger partial charge < -0.3 is 15.5 Å². The van der Waals surface area contributed by atoms with Gasteiger partial charge in [-0.25, -0.2) is 0 Å². The summed E-state index contributed by atoms with van der Waals surface area (Å²) in [6, 6.07) is 13.3. The number of nitrogens with one attached hydrogen (secondary N) is 1. The van der Waals surface area contributed by atoms with Gasteiger partial charge in [0.1, 0.15) is 0 Å². The average molecular weight is 270 g/mol. The molecule has 3 rings (SSSR count). The summed E-state index contributed by atoms with van der Waals surface area (Å²) in [5, 5.41) is 22.6. The monoisotopic (exact) mass is 270 g/mol. The van der Waals surface area contributed by atoms with Gasteiger partial charge in [0.05, 0.1) is 6.04 Å². The van der Waals surface area contributed by atoms with Crippen molar-refractivity contribution >= 4 is 5.69 Å². The van der Waals surface area contributed by atoms with Crippen LogP contribution in [0.3, 0.4) is 0 Å². The van der Waals surface area contributed by atoms with E-state index >= 15 is 0 Å². The highest BCUT2D eigenvalue weighted by Crippen LogP contribution is 2.32. The number of rotatable bonds is 1. The third-order valence-corrected chi connectivity index (χ3v) is 3.68. The number of hydrogen-bond donors (Lipinski definition) is 3. The Morgan fingerprint density at radius 1 is 1.10 bits per heavy atom. The van der Waals surface area contributed by atoms with Gasteiger partial charge in [0.15, 0.2) is 11.5 Å². The van der Waals surface area contributed by atoms with Crippen LogP contribution in [0.25, 0.3) is 0 Å². The van der Waals surface area contributed by atoms with E-state index in [9.17, 15) is 10.2 Å². The van der Waals surface area contributed by atoms with Crippen LogP contribution in [-0.2, 0) is 6.54 Å². The van der Waals surface area contributed by atoms with Gasteiger partial charge in [-0.1, -0.05) is 24.3 Å². The SMILES string of the molecule is CN1Cc2ccccc2N[C@H](c2ccc(O)c(O)c2)C1. The molecule has 0 saturated heterocycles. The lowest BCUT2D eigenvalue weighted by atomic mass is 10.1. The van der Waals surface area contributed by atoms with Crippen molar-refractivity contribution in [1.82, 2.24) is 4.90 Å². The molecule has 1 aliphatic heterocycles. The minimum absolute atomic E-state index is 0.0788. The number of nitrogens with zero attached hydrogens (tertiary/aromatic N) is 1. The summed E-state index contributed by atoms with van der Waals surface area (Å²) in [5.74, 6) is -0.166. The van der Waals surface area contributed by atoms with Crippen LogP contribution in [0.15, 0.2) is 42.5 Å². The summed E-state index contributed by atoms with van der Waals surface area (Å²) in [5.41, 5.74) is 3.35. The smallest absolute Gasteiger partial charge is 0.157 e. The maximum absolute atomic E-state index is 9.67. The average Bonchev–Trinajstić information content (AvgIpc) is 2.59. The lowest BCUT2D eigenvalue weighted by molar-refractivity contribution is 0.319. The van der Waals surface area contributed by atoms with Crippen molar-refractivity contribution < 1.29 is 10.2 Å². The van der Waals surface area contributed by atoms with E-state index in [-0.39, 0.29) is 17.5 Å². The molecule has 1 aliphatic rings. The molecule has 0 saturated carbocycles. The molecule has 0 unspecified atom stereocenters. The Morgan fingerprint density at radius 3 is 2.70 bits per heavy atom. The molecule has 3 N–H and O–H groups in total. The molecule has 0 fully saturated rings. The van der Waals surface area contributed by atoms with Crippen LogP contribution in [0.1, 0.15) is 17.2 Å². The van der Waals surface area contributed by atoms with Crippen LogP contribution in [0.5, 0.6) is 11.5 Å². The van der Waals surface area contributed by atoms with Crippen LogP contribution in [0.4, 0.5) is 5.69 Å². The summed E-state index contributed by atoms with van der Waals surface area (Å²) in [6.45, 7) is 1.72. The highest BCUT2D eigenvalue weighted by Gasteiger charge is 2.20. The number of hydrogen-bond acceptors (Lipinski definition) is 4. The van der Waals surface area contributed by atoms with Crippen molar-refractivity contribution in [1.29, 1.82) is 0 Å². The first kappa shape index (κ1) is 12.8. The lowest BCUT2D eigenvalue weighted by Gasteiger charge is -2.22.